The molecule has 0 unspecified atom stereocenters. The second-order valence-corrected chi connectivity index (χ2v) is 2.35. The van der Waals surface area contributed by atoms with Gasteiger partial charge in [0.05, 0.1) is 5.56 Å². The van der Waals surface area contributed by atoms with E-state index in [1.165, 1.54) is 12.1 Å². The number of rotatable bonds is 1. The van der Waals surface area contributed by atoms with Crippen LogP contribution in [0.1, 0.15) is 12.0 Å². The van der Waals surface area contributed by atoms with Crippen LogP contribution in [0.3, 0.4) is 0 Å². The van der Waals surface area contributed by atoms with Crippen LogP contribution in [0, 0.1) is 17.7 Å². The summed E-state index contributed by atoms with van der Waals surface area (Å²) >= 11 is 0. The predicted octanol–water partition coefficient (Wildman–Crippen LogP) is 1.65. The zero-order valence-electron chi connectivity index (χ0n) is 6.75. The van der Waals surface area contributed by atoms with Crippen LogP contribution in [-0.4, -0.2) is 11.1 Å². The van der Waals surface area contributed by atoms with Crippen molar-refractivity contribution in [2.24, 2.45) is 0 Å². The van der Waals surface area contributed by atoms with Gasteiger partial charge in [0.1, 0.15) is 12.2 Å². The minimum atomic E-state index is -1.01. The van der Waals surface area contributed by atoms with Crippen molar-refractivity contribution in [1.82, 2.24) is 0 Å². The van der Waals surface area contributed by atoms with Crippen molar-refractivity contribution in [2.75, 3.05) is 0 Å². The summed E-state index contributed by atoms with van der Waals surface area (Å²) in [6, 6.07) is 5.99. The van der Waals surface area contributed by atoms with Crippen molar-refractivity contribution < 1.29 is 14.3 Å². The molecule has 0 atom stereocenters. The van der Waals surface area contributed by atoms with Gasteiger partial charge in [-0.15, -0.1) is 0 Å². The number of hydrogen-bond donors (Lipinski definition) is 1. The zero-order valence-corrected chi connectivity index (χ0v) is 6.75. The topological polar surface area (TPSA) is 37.3 Å². The molecule has 0 aromatic heterocycles. The Morgan fingerprint density at radius 1 is 1.46 bits per heavy atom. The molecule has 0 radical (unpaired) electrons. The van der Waals surface area contributed by atoms with Crippen molar-refractivity contribution in [1.29, 1.82) is 0 Å². The Morgan fingerprint density at radius 2 is 2.15 bits per heavy atom. The molecular formula is C10H7FO2. The lowest BCUT2D eigenvalue weighted by Crippen LogP contribution is -1.90. The summed E-state index contributed by atoms with van der Waals surface area (Å²) in [4.78, 5) is 10.1. The van der Waals surface area contributed by atoms with E-state index in [9.17, 15) is 9.18 Å². The molecule has 0 saturated carbocycles. The van der Waals surface area contributed by atoms with E-state index in [2.05, 4.69) is 11.8 Å². The highest BCUT2D eigenvalue weighted by Gasteiger charge is 1.95. The number of carboxylic acid groups (broad SMARTS) is 1. The number of carbonyl (C=O) groups is 1. The molecule has 1 aromatic rings. The SMILES string of the molecule is O=C(O)CC#Cc1ccccc1F. The fourth-order valence-corrected chi connectivity index (χ4v) is 0.778. The third-order valence-electron chi connectivity index (χ3n) is 1.34. The maximum Gasteiger partial charge on any atom is 0.315 e. The van der Waals surface area contributed by atoms with E-state index in [1.807, 2.05) is 0 Å². The average molecular weight is 178 g/mol. The smallest absolute Gasteiger partial charge is 0.315 e. The highest BCUT2D eigenvalue weighted by Crippen LogP contribution is 2.03. The quantitative estimate of drug-likeness (QED) is 0.664. The first-order valence-corrected chi connectivity index (χ1v) is 3.65. The van der Waals surface area contributed by atoms with E-state index < -0.39 is 11.8 Å². The normalized spacial score (nSPS) is 8.69. The third-order valence-corrected chi connectivity index (χ3v) is 1.34. The molecular weight excluding hydrogens is 171 g/mol. The fourth-order valence-electron chi connectivity index (χ4n) is 0.778. The minimum absolute atomic E-state index is 0.226. The highest BCUT2D eigenvalue weighted by molar-refractivity contribution is 5.70. The summed E-state index contributed by atoms with van der Waals surface area (Å²) < 4.78 is 12.9. The van der Waals surface area contributed by atoms with Gasteiger partial charge >= 0.3 is 5.97 Å². The molecule has 0 bridgehead atoms. The van der Waals surface area contributed by atoms with Crippen LogP contribution in [0.5, 0.6) is 0 Å². The first-order chi connectivity index (χ1) is 6.20. The summed E-state index contributed by atoms with van der Waals surface area (Å²) in [6.07, 6.45) is -0.270. The Bertz CT molecular complexity index is 374. The Hall–Kier alpha value is -1.82. The molecule has 0 aliphatic heterocycles. The zero-order chi connectivity index (χ0) is 9.68. The lowest BCUT2D eigenvalue weighted by atomic mass is 10.2. The van der Waals surface area contributed by atoms with Gasteiger partial charge in [0.25, 0.3) is 0 Å². The lowest BCUT2D eigenvalue weighted by Gasteiger charge is -1.90. The van der Waals surface area contributed by atoms with Crippen molar-refractivity contribution >= 4 is 5.97 Å². The van der Waals surface area contributed by atoms with E-state index in [-0.39, 0.29) is 12.0 Å². The summed E-state index contributed by atoms with van der Waals surface area (Å²) in [5, 5.41) is 8.26. The number of aliphatic carboxylic acids is 1. The number of hydrogen-bond acceptors (Lipinski definition) is 1. The first kappa shape index (κ1) is 9.27. The van der Waals surface area contributed by atoms with E-state index in [4.69, 9.17) is 5.11 Å². The molecule has 2 nitrogen and oxygen atoms in total. The van der Waals surface area contributed by atoms with Crippen LogP contribution in [0.15, 0.2) is 24.3 Å². The summed E-state index contributed by atoms with van der Waals surface area (Å²) in [5.41, 5.74) is 0.226. The average Bonchev–Trinajstić information content (AvgIpc) is 2.08. The summed E-state index contributed by atoms with van der Waals surface area (Å²) in [7, 11) is 0. The molecule has 1 aromatic carbocycles. The van der Waals surface area contributed by atoms with Gasteiger partial charge in [-0.25, -0.2) is 4.39 Å². The number of halogens is 1. The maximum atomic E-state index is 12.9. The summed E-state index contributed by atoms with van der Waals surface area (Å²) in [5.74, 6) is 3.35. The maximum absolute atomic E-state index is 12.9. The molecule has 3 heteroatoms. The highest BCUT2D eigenvalue weighted by atomic mass is 19.1. The van der Waals surface area contributed by atoms with E-state index in [0.717, 1.165) is 0 Å². The molecule has 0 spiro atoms. The monoisotopic (exact) mass is 178 g/mol. The lowest BCUT2D eigenvalue weighted by molar-refractivity contribution is -0.135. The Labute approximate surface area is 75.0 Å². The summed E-state index contributed by atoms with van der Waals surface area (Å²) in [6.45, 7) is 0. The van der Waals surface area contributed by atoms with Gasteiger partial charge in [0.2, 0.25) is 0 Å². The predicted molar refractivity (Wildman–Crippen MR) is 45.5 cm³/mol. The molecule has 0 aliphatic rings. The molecule has 66 valence electrons. The van der Waals surface area contributed by atoms with Gasteiger partial charge in [0, 0.05) is 0 Å². The van der Waals surface area contributed by atoms with Crippen molar-refractivity contribution in [3.8, 4) is 11.8 Å². The molecule has 0 saturated heterocycles. The van der Waals surface area contributed by atoms with Crippen molar-refractivity contribution in [3.05, 3.63) is 35.6 Å². The van der Waals surface area contributed by atoms with Crippen LogP contribution in [0.4, 0.5) is 4.39 Å². The number of carboxylic acids is 1. The fraction of sp³-hybridized carbons (Fsp3) is 0.100. The van der Waals surface area contributed by atoms with Gasteiger partial charge in [0.15, 0.2) is 0 Å². The molecule has 13 heavy (non-hydrogen) atoms. The van der Waals surface area contributed by atoms with Gasteiger partial charge in [-0.05, 0) is 12.1 Å². The van der Waals surface area contributed by atoms with Gasteiger partial charge < -0.3 is 5.11 Å². The van der Waals surface area contributed by atoms with Crippen LogP contribution in [0.25, 0.3) is 0 Å². The van der Waals surface area contributed by atoms with Crippen LogP contribution in [0.2, 0.25) is 0 Å². The van der Waals surface area contributed by atoms with Crippen LogP contribution in [-0.2, 0) is 4.79 Å². The number of benzene rings is 1. The molecule has 1 N–H and O–H groups in total. The molecule has 1 rings (SSSR count). The Morgan fingerprint density at radius 3 is 2.77 bits per heavy atom. The Balaban J connectivity index is 2.77. The van der Waals surface area contributed by atoms with Crippen molar-refractivity contribution in [2.45, 2.75) is 6.42 Å². The second kappa shape index (κ2) is 4.27. The second-order valence-electron chi connectivity index (χ2n) is 2.35. The standard InChI is InChI=1S/C10H7FO2/c11-9-6-2-1-4-8(9)5-3-7-10(12)13/h1-2,4,6H,7H2,(H,12,13). The van der Waals surface area contributed by atoms with Gasteiger partial charge in [-0.3, -0.25) is 4.79 Å². The van der Waals surface area contributed by atoms with Crippen molar-refractivity contribution in [3.63, 3.8) is 0 Å². The van der Waals surface area contributed by atoms with E-state index in [1.54, 1.807) is 12.1 Å². The minimum Gasteiger partial charge on any atom is -0.481 e. The first-order valence-electron chi connectivity index (χ1n) is 3.65. The largest absolute Gasteiger partial charge is 0.481 e. The van der Waals surface area contributed by atoms with E-state index in [0.29, 0.717) is 0 Å². The molecule has 0 amide bonds. The van der Waals surface area contributed by atoms with Gasteiger partial charge in [-0.2, -0.15) is 0 Å². The Kier molecular flexibility index (Phi) is 3.04. The van der Waals surface area contributed by atoms with Crippen LogP contribution < -0.4 is 0 Å². The third kappa shape index (κ3) is 2.96. The molecule has 0 fully saturated rings. The molecule has 0 aliphatic carbocycles. The van der Waals surface area contributed by atoms with Gasteiger partial charge in [-0.1, -0.05) is 24.0 Å². The van der Waals surface area contributed by atoms with E-state index >= 15 is 0 Å². The van der Waals surface area contributed by atoms with Crippen LogP contribution >= 0.6 is 0 Å². The molecule has 0 heterocycles.